The van der Waals surface area contributed by atoms with E-state index in [1.807, 2.05) is 57.2 Å². The van der Waals surface area contributed by atoms with Crippen LogP contribution in [0.2, 0.25) is 0 Å². The van der Waals surface area contributed by atoms with Gasteiger partial charge >= 0.3 is 0 Å². The third kappa shape index (κ3) is 5.28. The highest BCUT2D eigenvalue weighted by Gasteiger charge is 2.17. The summed E-state index contributed by atoms with van der Waals surface area (Å²) >= 11 is 0. The zero-order chi connectivity index (χ0) is 15.1. The lowest BCUT2D eigenvalue weighted by atomic mass is 10.2. The van der Waals surface area contributed by atoms with Gasteiger partial charge in [-0.3, -0.25) is 9.69 Å². The summed E-state index contributed by atoms with van der Waals surface area (Å²) in [5.41, 5.74) is 7.41. The molecule has 5 nitrogen and oxygen atoms in total. The topological polar surface area (TPSA) is 61.6 Å². The molecule has 3 N–H and O–H groups in total. The van der Waals surface area contributed by atoms with Crippen molar-refractivity contribution in [3.8, 4) is 0 Å². The molecule has 1 rings (SSSR count). The molecular weight excluding hydrogens is 252 g/mol. The summed E-state index contributed by atoms with van der Waals surface area (Å²) in [6, 6.07) is 7.46. The molecule has 0 aliphatic heterocycles. The molecule has 1 aromatic rings. The third-order valence-electron chi connectivity index (χ3n) is 3.37. The second-order valence-corrected chi connectivity index (χ2v) is 5.35. The number of hydrogen-bond donors (Lipinski definition) is 2. The first-order valence-electron chi connectivity index (χ1n) is 6.89. The Labute approximate surface area is 121 Å². The lowest BCUT2D eigenvalue weighted by Gasteiger charge is -2.25. The largest absolute Gasteiger partial charge is 0.326 e. The standard InChI is InChI=1S/C15H26N4O/c1-12(19(4)9-8-18(2)3)15(20)17-14-7-5-6-13(10-14)11-16/h5-7,10,12H,8-9,11,16H2,1-4H3,(H,17,20). The van der Waals surface area contributed by atoms with Gasteiger partial charge in [0.2, 0.25) is 5.91 Å². The second-order valence-electron chi connectivity index (χ2n) is 5.35. The van der Waals surface area contributed by atoms with E-state index in [1.54, 1.807) is 0 Å². The molecular formula is C15H26N4O. The number of carbonyl (C=O) groups excluding carboxylic acids is 1. The monoisotopic (exact) mass is 278 g/mol. The van der Waals surface area contributed by atoms with Gasteiger partial charge in [0.25, 0.3) is 0 Å². The van der Waals surface area contributed by atoms with Crippen LogP contribution in [0.1, 0.15) is 12.5 Å². The maximum Gasteiger partial charge on any atom is 0.241 e. The molecule has 5 heteroatoms. The molecule has 1 atom stereocenters. The molecule has 1 aromatic carbocycles. The van der Waals surface area contributed by atoms with Crippen molar-refractivity contribution < 1.29 is 4.79 Å². The Bertz CT molecular complexity index is 434. The van der Waals surface area contributed by atoms with Crippen LogP contribution in [0.25, 0.3) is 0 Å². The number of rotatable bonds is 7. The van der Waals surface area contributed by atoms with Crippen LogP contribution in [-0.2, 0) is 11.3 Å². The Kier molecular flexibility index (Phi) is 6.64. The van der Waals surface area contributed by atoms with Crippen molar-refractivity contribution >= 4 is 11.6 Å². The number of likely N-dealkylation sites (N-methyl/N-ethyl adjacent to an activating group) is 2. The number of carbonyl (C=O) groups is 1. The molecule has 20 heavy (non-hydrogen) atoms. The van der Waals surface area contributed by atoms with Crippen molar-refractivity contribution in [1.82, 2.24) is 9.80 Å². The molecule has 0 radical (unpaired) electrons. The van der Waals surface area contributed by atoms with E-state index in [1.165, 1.54) is 0 Å². The number of nitrogens with zero attached hydrogens (tertiary/aromatic N) is 2. The van der Waals surface area contributed by atoms with Gasteiger partial charge in [-0.15, -0.1) is 0 Å². The number of hydrogen-bond acceptors (Lipinski definition) is 4. The van der Waals surface area contributed by atoms with Gasteiger partial charge in [0, 0.05) is 25.3 Å². The van der Waals surface area contributed by atoms with Crippen molar-refractivity contribution in [2.75, 3.05) is 39.5 Å². The van der Waals surface area contributed by atoms with E-state index in [9.17, 15) is 4.79 Å². The quantitative estimate of drug-likeness (QED) is 0.780. The van der Waals surface area contributed by atoms with Gasteiger partial charge in [0.15, 0.2) is 0 Å². The minimum Gasteiger partial charge on any atom is -0.326 e. The number of anilines is 1. The van der Waals surface area contributed by atoms with Crippen molar-refractivity contribution in [2.24, 2.45) is 5.73 Å². The van der Waals surface area contributed by atoms with E-state index in [-0.39, 0.29) is 11.9 Å². The molecule has 1 unspecified atom stereocenters. The second kappa shape index (κ2) is 7.99. The molecule has 0 spiro atoms. The summed E-state index contributed by atoms with van der Waals surface area (Å²) in [4.78, 5) is 16.3. The highest BCUT2D eigenvalue weighted by molar-refractivity contribution is 5.94. The first kappa shape index (κ1) is 16.6. The zero-order valence-electron chi connectivity index (χ0n) is 12.9. The average molecular weight is 278 g/mol. The number of nitrogens with two attached hydrogens (primary N) is 1. The smallest absolute Gasteiger partial charge is 0.241 e. The van der Waals surface area contributed by atoms with Gasteiger partial charge in [0.1, 0.15) is 0 Å². The summed E-state index contributed by atoms with van der Waals surface area (Å²) in [5, 5.41) is 2.94. The molecule has 0 heterocycles. The highest BCUT2D eigenvalue weighted by Crippen LogP contribution is 2.11. The van der Waals surface area contributed by atoms with Gasteiger partial charge < -0.3 is 16.0 Å². The predicted octanol–water partition coefficient (Wildman–Crippen LogP) is 0.966. The molecule has 0 bridgehead atoms. The number of benzene rings is 1. The van der Waals surface area contributed by atoms with Crippen LogP contribution in [0.5, 0.6) is 0 Å². The third-order valence-corrected chi connectivity index (χ3v) is 3.37. The lowest BCUT2D eigenvalue weighted by Crippen LogP contribution is -2.42. The summed E-state index contributed by atoms with van der Waals surface area (Å²) in [5.74, 6) is 0.000396. The Morgan fingerprint density at radius 2 is 2.00 bits per heavy atom. The van der Waals surface area contributed by atoms with Gasteiger partial charge in [-0.05, 0) is 45.8 Å². The molecule has 0 aromatic heterocycles. The van der Waals surface area contributed by atoms with Gasteiger partial charge in [0.05, 0.1) is 6.04 Å². The first-order chi connectivity index (χ1) is 9.43. The van der Waals surface area contributed by atoms with Crippen LogP contribution in [0.15, 0.2) is 24.3 Å². The van der Waals surface area contributed by atoms with E-state index in [0.717, 1.165) is 24.3 Å². The first-order valence-corrected chi connectivity index (χ1v) is 6.89. The van der Waals surface area contributed by atoms with Crippen molar-refractivity contribution in [3.05, 3.63) is 29.8 Å². The molecule has 0 saturated carbocycles. The summed E-state index contributed by atoms with van der Waals surface area (Å²) in [6.45, 7) is 4.17. The van der Waals surface area contributed by atoms with Gasteiger partial charge in [-0.1, -0.05) is 12.1 Å². The summed E-state index contributed by atoms with van der Waals surface area (Å²) < 4.78 is 0. The van der Waals surface area contributed by atoms with Crippen LogP contribution in [-0.4, -0.2) is 56.0 Å². The van der Waals surface area contributed by atoms with E-state index in [4.69, 9.17) is 5.73 Å². The van der Waals surface area contributed by atoms with Crippen molar-refractivity contribution in [1.29, 1.82) is 0 Å². The molecule has 1 amide bonds. The average Bonchev–Trinajstić information content (AvgIpc) is 2.43. The fourth-order valence-corrected chi connectivity index (χ4v) is 1.77. The Hall–Kier alpha value is -1.43. The molecule has 0 aliphatic rings. The van der Waals surface area contributed by atoms with E-state index >= 15 is 0 Å². The number of nitrogens with one attached hydrogen (secondary N) is 1. The molecule has 0 aliphatic carbocycles. The minimum absolute atomic E-state index is 0.000396. The maximum atomic E-state index is 12.2. The van der Waals surface area contributed by atoms with E-state index in [0.29, 0.717) is 6.54 Å². The maximum absolute atomic E-state index is 12.2. The predicted molar refractivity (Wildman–Crippen MR) is 83.6 cm³/mol. The fraction of sp³-hybridized carbons (Fsp3) is 0.533. The van der Waals surface area contributed by atoms with E-state index in [2.05, 4.69) is 10.2 Å². The normalized spacial score (nSPS) is 12.8. The van der Waals surface area contributed by atoms with Crippen molar-refractivity contribution in [2.45, 2.75) is 19.5 Å². The highest BCUT2D eigenvalue weighted by atomic mass is 16.2. The zero-order valence-corrected chi connectivity index (χ0v) is 12.9. The summed E-state index contributed by atoms with van der Waals surface area (Å²) in [6.07, 6.45) is 0. The van der Waals surface area contributed by atoms with Crippen molar-refractivity contribution in [3.63, 3.8) is 0 Å². The molecule has 112 valence electrons. The van der Waals surface area contributed by atoms with Crippen LogP contribution >= 0.6 is 0 Å². The molecule has 0 fully saturated rings. The fourth-order valence-electron chi connectivity index (χ4n) is 1.77. The Balaban J connectivity index is 2.56. The van der Waals surface area contributed by atoms with Crippen LogP contribution in [0, 0.1) is 0 Å². The summed E-state index contributed by atoms with van der Waals surface area (Å²) in [7, 11) is 6.01. The SMILES string of the molecule is CC(C(=O)Nc1cccc(CN)c1)N(C)CCN(C)C. The Morgan fingerprint density at radius 1 is 1.30 bits per heavy atom. The Morgan fingerprint density at radius 3 is 2.60 bits per heavy atom. The van der Waals surface area contributed by atoms with Crippen LogP contribution in [0.3, 0.4) is 0 Å². The molecule has 0 saturated heterocycles. The van der Waals surface area contributed by atoms with Crippen LogP contribution < -0.4 is 11.1 Å². The van der Waals surface area contributed by atoms with Gasteiger partial charge in [-0.2, -0.15) is 0 Å². The number of amides is 1. The minimum atomic E-state index is -0.170. The van der Waals surface area contributed by atoms with Crippen LogP contribution in [0.4, 0.5) is 5.69 Å². The van der Waals surface area contributed by atoms with Gasteiger partial charge in [-0.25, -0.2) is 0 Å². The lowest BCUT2D eigenvalue weighted by molar-refractivity contribution is -0.120. The van der Waals surface area contributed by atoms with E-state index < -0.39 is 0 Å².